The lowest BCUT2D eigenvalue weighted by Gasteiger charge is -2.06. The van der Waals surface area contributed by atoms with Crippen molar-refractivity contribution in [3.8, 4) is 0 Å². The van der Waals surface area contributed by atoms with E-state index in [1.54, 1.807) is 6.20 Å². The number of carbonyl (C=O) groups is 1. The fourth-order valence-corrected chi connectivity index (χ4v) is 2.16. The largest absolute Gasteiger partial charge is 0.348 e. The first-order valence-electron chi connectivity index (χ1n) is 7.25. The highest BCUT2D eigenvalue weighted by atomic mass is 16.1. The van der Waals surface area contributed by atoms with Crippen LogP contribution in [0.3, 0.4) is 0 Å². The summed E-state index contributed by atoms with van der Waals surface area (Å²) < 4.78 is 1.82. The Labute approximate surface area is 125 Å². The highest BCUT2D eigenvalue weighted by Crippen LogP contribution is 2.09. The zero-order valence-electron chi connectivity index (χ0n) is 13.1. The molecule has 0 radical (unpaired) electrons. The molecule has 2 aromatic rings. The molecule has 0 saturated carbocycles. The van der Waals surface area contributed by atoms with Crippen molar-refractivity contribution in [2.75, 3.05) is 0 Å². The Hall–Kier alpha value is -2.17. The van der Waals surface area contributed by atoms with E-state index in [0.29, 0.717) is 12.1 Å². The lowest BCUT2D eigenvalue weighted by Crippen LogP contribution is -2.23. The van der Waals surface area contributed by atoms with Crippen molar-refractivity contribution in [1.29, 1.82) is 0 Å². The summed E-state index contributed by atoms with van der Waals surface area (Å²) in [6.07, 6.45) is 4.61. The molecule has 0 aliphatic carbocycles. The molecule has 0 spiro atoms. The first kappa shape index (κ1) is 15.2. The van der Waals surface area contributed by atoms with Gasteiger partial charge >= 0.3 is 0 Å². The Morgan fingerprint density at radius 3 is 2.71 bits per heavy atom. The van der Waals surface area contributed by atoms with Crippen molar-refractivity contribution < 1.29 is 4.79 Å². The van der Waals surface area contributed by atoms with Crippen molar-refractivity contribution in [2.24, 2.45) is 0 Å². The monoisotopic (exact) mass is 286 g/mol. The third-order valence-corrected chi connectivity index (χ3v) is 3.49. The van der Waals surface area contributed by atoms with Gasteiger partial charge in [0.05, 0.1) is 11.3 Å². The highest BCUT2D eigenvalue weighted by Gasteiger charge is 2.13. The molecule has 0 aliphatic rings. The average Bonchev–Trinajstić information content (AvgIpc) is 2.81. The number of hydrogen-bond acceptors (Lipinski definition) is 3. The summed E-state index contributed by atoms with van der Waals surface area (Å²) in [4.78, 5) is 16.5. The normalized spacial score (nSPS) is 10.7. The van der Waals surface area contributed by atoms with Gasteiger partial charge in [0.2, 0.25) is 0 Å². The van der Waals surface area contributed by atoms with Gasteiger partial charge in [0, 0.05) is 31.2 Å². The standard InChI is InChI=1S/C16H22N4O/c1-5-6-20-10-15(13(4)19-20)16(21)18-9-14-7-11(2)12(3)17-8-14/h7-8,10H,5-6,9H2,1-4H3,(H,18,21). The van der Waals surface area contributed by atoms with E-state index >= 15 is 0 Å². The second-order valence-electron chi connectivity index (χ2n) is 5.32. The van der Waals surface area contributed by atoms with Crippen molar-refractivity contribution in [3.63, 3.8) is 0 Å². The number of aromatic nitrogens is 3. The maximum atomic E-state index is 12.2. The SMILES string of the molecule is CCCn1cc(C(=O)NCc2cnc(C)c(C)c2)c(C)n1. The Kier molecular flexibility index (Phi) is 4.73. The van der Waals surface area contributed by atoms with Gasteiger partial charge in [0.15, 0.2) is 0 Å². The molecule has 1 N–H and O–H groups in total. The van der Waals surface area contributed by atoms with Crippen LogP contribution in [0.2, 0.25) is 0 Å². The maximum absolute atomic E-state index is 12.2. The van der Waals surface area contributed by atoms with Crippen LogP contribution in [0, 0.1) is 20.8 Å². The van der Waals surface area contributed by atoms with Crippen LogP contribution in [0.15, 0.2) is 18.5 Å². The Balaban J connectivity index is 2.02. The van der Waals surface area contributed by atoms with Crippen LogP contribution in [0.5, 0.6) is 0 Å². The molecule has 0 atom stereocenters. The van der Waals surface area contributed by atoms with E-state index in [9.17, 15) is 4.79 Å². The van der Waals surface area contributed by atoms with Gasteiger partial charge in [-0.2, -0.15) is 5.10 Å². The summed E-state index contributed by atoms with van der Waals surface area (Å²) in [6.45, 7) is 9.25. The zero-order chi connectivity index (χ0) is 15.4. The first-order valence-corrected chi connectivity index (χ1v) is 7.25. The first-order chi connectivity index (χ1) is 10.0. The summed E-state index contributed by atoms with van der Waals surface area (Å²) in [7, 11) is 0. The van der Waals surface area contributed by atoms with Crippen LogP contribution in [-0.2, 0) is 13.1 Å². The summed E-state index contributed by atoms with van der Waals surface area (Å²) in [5, 5.41) is 7.27. The molecule has 1 amide bonds. The topological polar surface area (TPSA) is 59.8 Å². The van der Waals surface area contributed by atoms with Crippen LogP contribution in [0.25, 0.3) is 0 Å². The van der Waals surface area contributed by atoms with Gasteiger partial charge in [-0.25, -0.2) is 0 Å². The third kappa shape index (κ3) is 3.68. The zero-order valence-corrected chi connectivity index (χ0v) is 13.1. The third-order valence-electron chi connectivity index (χ3n) is 3.49. The number of rotatable bonds is 5. The summed E-state index contributed by atoms with van der Waals surface area (Å²) in [6, 6.07) is 2.05. The highest BCUT2D eigenvalue weighted by molar-refractivity contribution is 5.94. The van der Waals surface area contributed by atoms with E-state index in [-0.39, 0.29) is 5.91 Å². The number of hydrogen-bond donors (Lipinski definition) is 1. The van der Waals surface area contributed by atoms with Crippen LogP contribution in [-0.4, -0.2) is 20.7 Å². The Morgan fingerprint density at radius 1 is 1.29 bits per heavy atom. The lowest BCUT2D eigenvalue weighted by molar-refractivity contribution is 0.0950. The minimum Gasteiger partial charge on any atom is -0.348 e. The Bertz CT molecular complexity index is 646. The molecule has 0 bridgehead atoms. The van der Waals surface area contributed by atoms with Crippen molar-refractivity contribution in [2.45, 2.75) is 47.2 Å². The number of carbonyl (C=O) groups excluding carboxylic acids is 1. The molecule has 5 nitrogen and oxygen atoms in total. The van der Waals surface area contributed by atoms with Crippen LogP contribution < -0.4 is 5.32 Å². The summed E-state index contributed by atoms with van der Waals surface area (Å²) in [5.41, 5.74) is 4.56. The molecule has 112 valence electrons. The minimum atomic E-state index is -0.0897. The molecule has 2 aromatic heterocycles. The molecule has 2 heterocycles. The summed E-state index contributed by atoms with van der Waals surface area (Å²) >= 11 is 0. The predicted octanol–water partition coefficient (Wildman–Crippen LogP) is 2.54. The van der Waals surface area contributed by atoms with E-state index in [1.807, 2.05) is 31.6 Å². The number of nitrogens with zero attached hydrogens (tertiary/aromatic N) is 3. The van der Waals surface area contributed by atoms with E-state index < -0.39 is 0 Å². The molecule has 0 aliphatic heterocycles. The van der Waals surface area contributed by atoms with E-state index in [1.165, 1.54) is 0 Å². The van der Waals surface area contributed by atoms with Gasteiger partial charge in [-0.05, 0) is 38.3 Å². The maximum Gasteiger partial charge on any atom is 0.255 e. The molecule has 0 fully saturated rings. The van der Waals surface area contributed by atoms with Gasteiger partial charge in [-0.1, -0.05) is 13.0 Å². The number of nitrogens with one attached hydrogen (secondary N) is 1. The second kappa shape index (κ2) is 6.52. The number of pyridine rings is 1. The van der Waals surface area contributed by atoms with Gasteiger partial charge < -0.3 is 5.32 Å². The van der Waals surface area contributed by atoms with Crippen molar-refractivity contribution >= 4 is 5.91 Å². The van der Waals surface area contributed by atoms with Gasteiger partial charge in [-0.15, -0.1) is 0 Å². The molecule has 5 heteroatoms. The van der Waals surface area contributed by atoms with Gasteiger partial charge in [-0.3, -0.25) is 14.5 Å². The van der Waals surface area contributed by atoms with Gasteiger partial charge in [0.25, 0.3) is 5.91 Å². The fourth-order valence-electron chi connectivity index (χ4n) is 2.16. The van der Waals surface area contributed by atoms with Crippen molar-refractivity contribution in [1.82, 2.24) is 20.1 Å². The van der Waals surface area contributed by atoms with Crippen LogP contribution in [0.1, 0.15) is 46.2 Å². The quantitative estimate of drug-likeness (QED) is 0.919. The van der Waals surface area contributed by atoms with Gasteiger partial charge in [0.1, 0.15) is 0 Å². The fraction of sp³-hybridized carbons (Fsp3) is 0.438. The molecule has 2 rings (SSSR count). The van der Waals surface area contributed by atoms with E-state index in [4.69, 9.17) is 0 Å². The average molecular weight is 286 g/mol. The van der Waals surface area contributed by atoms with Crippen LogP contribution >= 0.6 is 0 Å². The second-order valence-corrected chi connectivity index (χ2v) is 5.32. The molecular weight excluding hydrogens is 264 g/mol. The van der Waals surface area contributed by atoms with Crippen molar-refractivity contribution in [3.05, 3.63) is 46.5 Å². The molecular formula is C16H22N4O. The lowest BCUT2D eigenvalue weighted by atomic mass is 10.1. The van der Waals surface area contributed by atoms with E-state index in [2.05, 4.69) is 28.4 Å². The van der Waals surface area contributed by atoms with E-state index in [0.717, 1.165) is 35.5 Å². The number of aryl methyl sites for hydroxylation is 4. The smallest absolute Gasteiger partial charge is 0.255 e. The molecule has 0 saturated heterocycles. The Morgan fingerprint density at radius 2 is 2.05 bits per heavy atom. The molecule has 0 aromatic carbocycles. The molecule has 0 unspecified atom stereocenters. The number of amides is 1. The minimum absolute atomic E-state index is 0.0897. The van der Waals surface area contributed by atoms with Crippen LogP contribution in [0.4, 0.5) is 0 Å². The molecule has 21 heavy (non-hydrogen) atoms. The summed E-state index contributed by atoms with van der Waals surface area (Å²) in [5.74, 6) is -0.0897. The predicted molar refractivity (Wildman–Crippen MR) is 82.1 cm³/mol.